The third kappa shape index (κ3) is 5.17. The van der Waals surface area contributed by atoms with Crippen LogP contribution in [0.2, 0.25) is 0 Å². The van der Waals surface area contributed by atoms with E-state index in [-0.39, 0.29) is 11.4 Å². The molecule has 134 valence electrons. The maximum absolute atomic E-state index is 10.9. The number of hydrogen-bond donors (Lipinski definition) is 1. The Labute approximate surface area is 168 Å². The van der Waals surface area contributed by atoms with Crippen molar-refractivity contribution in [3.63, 3.8) is 0 Å². The van der Waals surface area contributed by atoms with Crippen molar-refractivity contribution >= 4 is 45.5 Å². The van der Waals surface area contributed by atoms with Gasteiger partial charge in [-0.25, -0.2) is 4.99 Å². The molecule has 0 radical (unpaired) electrons. The molecule has 0 atom stereocenters. The molecule has 0 saturated carbocycles. The highest BCUT2D eigenvalue weighted by Gasteiger charge is 2.08. The van der Waals surface area contributed by atoms with Gasteiger partial charge in [0, 0.05) is 21.3 Å². The van der Waals surface area contributed by atoms with Gasteiger partial charge in [0.2, 0.25) is 0 Å². The lowest BCUT2D eigenvalue weighted by atomic mass is 10.2. The number of nitro benzene ring substituents is 1. The van der Waals surface area contributed by atoms with E-state index < -0.39 is 4.92 Å². The highest BCUT2D eigenvalue weighted by molar-refractivity contribution is 14.1. The predicted molar refractivity (Wildman–Crippen MR) is 111 cm³/mol. The largest absolute Gasteiger partial charge is 0.508 e. The van der Waals surface area contributed by atoms with E-state index in [0.717, 1.165) is 3.57 Å². The minimum absolute atomic E-state index is 0.0113. The first-order valence-electron chi connectivity index (χ1n) is 7.81. The van der Waals surface area contributed by atoms with Gasteiger partial charge in [-0.15, -0.1) is 10.2 Å². The van der Waals surface area contributed by atoms with Crippen molar-refractivity contribution in [3.8, 4) is 5.75 Å². The third-order valence-electron chi connectivity index (χ3n) is 3.51. The Bertz CT molecular complexity index is 999. The minimum Gasteiger partial charge on any atom is -0.508 e. The van der Waals surface area contributed by atoms with E-state index in [4.69, 9.17) is 0 Å². The standard InChI is InChI=1S/C19H13IN4O3/c20-14-3-5-15(6-4-14)21-19(13-1-9-17(10-2-13)24(26)27)23-22-16-7-11-18(25)12-8-16/h1-12,25H. The summed E-state index contributed by atoms with van der Waals surface area (Å²) in [5, 5.41) is 28.6. The third-order valence-corrected chi connectivity index (χ3v) is 4.23. The van der Waals surface area contributed by atoms with Crippen molar-refractivity contribution in [2.45, 2.75) is 0 Å². The first-order chi connectivity index (χ1) is 13.0. The number of hydrogen-bond acceptors (Lipinski definition) is 5. The number of phenols is 1. The Morgan fingerprint density at radius 1 is 0.889 bits per heavy atom. The Kier molecular flexibility index (Phi) is 5.87. The molecule has 0 amide bonds. The van der Waals surface area contributed by atoms with Crippen LogP contribution in [-0.4, -0.2) is 15.9 Å². The number of aliphatic imine (C=N–C) groups is 1. The topological polar surface area (TPSA) is 100 Å². The van der Waals surface area contributed by atoms with Gasteiger partial charge in [-0.3, -0.25) is 10.1 Å². The molecule has 1 N–H and O–H groups in total. The van der Waals surface area contributed by atoms with E-state index >= 15 is 0 Å². The number of non-ortho nitro benzene ring substituents is 1. The van der Waals surface area contributed by atoms with Crippen LogP contribution < -0.4 is 0 Å². The molecule has 3 rings (SSSR count). The van der Waals surface area contributed by atoms with E-state index in [1.807, 2.05) is 24.3 Å². The van der Waals surface area contributed by atoms with Crippen molar-refractivity contribution in [3.05, 3.63) is 92.0 Å². The molecular formula is C19H13IN4O3. The highest BCUT2D eigenvalue weighted by atomic mass is 127. The molecule has 3 aromatic rings. The molecule has 0 aliphatic heterocycles. The Balaban J connectivity index is 1.98. The summed E-state index contributed by atoms with van der Waals surface area (Å²) in [6.07, 6.45) is 0. The number of phenolic OH excluding ortho intramolecular Hbond substituents is 1. The number of azo groups is 1. The summed E-state index contributed by atoms with van der Waals surface area (Å²) in [5.41, 5.74) is 1.82. The Hall–Kier alpha value is -3.14. The van der Waals surface area contributed by atoms with Gasteiger partial charge >= 0.3 is 0 Å². The first kappa shape index (κ1) is 18.6. The molecule has 3 aromatic carbocycles. The van der Waals surface area contributed by atoms with E-state index in [1.54, 1.807) is 24.3 Å². The molecule has 7 nitrogen and oxygen atoms in total. The van der Waals surface area contributed by atoms with Crippen LogP contribution in [0.1, 0.15) is 5.56 Å². The van der Waals surface area contributed by atoms with Crippen LogP contribution in [0, 0.1) is 13.7 Å². The van der Waals surface area contributed by atoms with Crippen LogP contribution in [-0.2, 0) is 0 Å². The zero-order valence-electron chi connectivity index (χ0n) is 13.9. The van der Waals surface area contributed by atoms with Crippen LogP contribution in [0.5, 0.6) is 5.75 Å². The molecule has 0 aromatic heterocycles. The van der Waals surface area contributed by atoms with Gasteiger partial charge in [0.25, 0.3) is 5.69 Å². The Morgan fingerprint density at radius 3 is 2.07 bits per heavy atom. The second-order valence-corrected chi connectivity index (χ2v) is 6.68. The van der Waals surface area contributed by atoms with Gasteiger partial charge in [-0.1, -0.05) is 0 Å². The molecule has 0 spiro atoms. The van der Waals surface area contributed by atoms with E-state index in [1.165, 1.54) is 24.3 Å². The molecule has 0 bridgehead atoms. The molecule has 0 saturated heterocycles. The second kappa shape index (κ2) is 8.49. The lowest BCUT2D eigenvalue weighted by Crippen LogP contribution is -1.97. The summed E-state index contributed by atoms with van der Waals surface area (Å²) in [7, 11) is 0. The summed E-state index contributed by atoms with van der Waals surface area (Å²) < 4.78 is 1.08. The van der Waals surface area contributed by atoms with E-state index in [2.05, 4.69) is 37.8 Å². The minimum atomic E-state index is -0.461. The van der Waals surface area contributed by atoms with Gasteiger partial charge in [-0.2, -0.15) is 0 Å². The zero-order valence-corrected chi connectivity index (χ0v) is 16.0. The monoisotopic (exact) mass is 472 g/mol. The number of amidine groups is 1. The summed E-state index contributed by atoms with van der Waals surface area (Å²) in [4.78, 5) is 14.9. The highest BCUT2D eigenvalue weighted by Crippen LogP contribution is 2.21. The van der Waals surface area contributed by atoms with Gasteiger partial charge in [-0.05, 0) is 83.3 Å². The van der Waals surface area contributed by atoms with Crippen molar-refractivity contribution in [2.24, 2.45) is 15.2 Å². The molecule has 0 heterocycles. The Morgan fingerprint density at radius 2 is 1.48 bits per heavy atom. The fraction of sp³-hybridized carbons (Fsp3) is 0. The number of aromatic hydroxyl groups is 1. The summed E-state index contributed by atoms with van der Waals surface area (Å²) in [6, 6.07) is 19.8. The molecule has 0 unspecified atom stereocenters. The number of rotatable bonds is 4. The lowest BCUT2D eigenvalue weighted by Gasteiger charge is -2.02. The lowest BCUT2D eigenvalue weighted by molar-refractivity contribution is -0.384. The van der Waals surface area contributed by atoms with Crippen molar-refractivity contribution in [1.29, 1.82) is 0 Å². The number of halogens is 1. The van der Waals surface area contributed by atoms with Crippen LogP contribution in [0.4, 0.5) is 17.1 Å². The molecule has 0 fully saturated rings. The average molecular weight is 472 g/mol. The molecule has 27 heavy (non-hydrogen) atoms. The van der Waals surface area contributed by atoms with E-state index in [0.29, 0.717) is 22.8 Å². The SMILES string of the molecule is O=[N+]([O-])c1ccc(C(N=Nc2ccc(O)cc2)=Nc2ccc(I)cc2)cc1. The summed E-state index contributed by atoms with van der Waals surface area (Å²) >= 11 is 2.20. The smallest absolute Gasteiger partial charge is 0.269 e. The maximum Gasteiger partial charge on any atom is 0.269 e. The van der Waals surface area contributed by atoms with Gasteiger partial charge in [0.05, 0.1) is 16.3 Å². The zero-order chi connectivity index (χ0) is 19.2. The number of nitrogens with zero attached hydrogens (tertiary/aromatic N) is 4. The quantitative estimate of drug-likeness (QED) is 0.130. The molecule has 0 aliphatic rings. The van der Waals surface area contributed by atoms with Gasteiger partial charge < -0.3 is 5.11 Å². The fourth-order valence-electron chi connectivity index (χ4n) is 2.14. The fourth-order valence-corrected chi connectivity index (χ4v) is 2.50. The number of benzene rings is 3. The van der Waals surface area contributed by atoms with E-state index in [9.17, 15) is 15.2 Å². The van der Waals surface area contributed by atoms with Crippen molar-refractivity contribution in [1.82, 2.24) is 0 Å². The second-order valence-electron chi connectivity index (χ2n) is 5.43. The van der Waals surface area contributed by atoms with Crippen LogP contribution in [0.3, 0.4) is 0 Å². The maximum atomic E-state index is 10.9. The summed E-state index contributed by atoms with van der Waals surface area (Å²) in [5.74, 6) is 0.455. The average Bonchev–Trinajstić information content (AvgIpc) is 2.68. The van der Waals surface area contributed by atoms with Crippen LogP contribution in [0.25, 0.3) is 0 Å². The molecule has 0 aliphatic carbocycles. The summed E-state index contributed by atoms with van der Waals surface area (Å²) in [6.45, 7) is 0. The van der Waals surface area contributed by atoms with Gasteiger partial charge in [0.1, 0.15) is 5.75 Å². The number of nitro groups is 1. The van der Waals surface area contributed by atoms with Crippen LogP contribution >= 0.6 is 22.6 Å². The normalized spacial score (nSPS) is 11.7. The van der Waals surface area contributed by atoms with Gasteiger partial charge in [0.15, 0.2) is 5.84 Å². The van der Waals surface area contributed by atoms with Crippen molar-refractivity contribution < 1.29 is 10.0 Å². The van der Waals surface area contributed by atoms with Crippen molar-refractivity contribution in [2.75, 3.05) is 0 Å². The molecular weight excluding hydrogens is 459 g/mol. The predicted octanol–water partition coefficient (Wildman–Crippen LogP) is 5.77. The first-order valence-corrected chi connectivity index (χ1v) is 8.89. The molecule has 8 heteroatoms. The van der Waals surface area contributed by atoms with Crippen LogP contribution in [0.15, 0.2) is 88.0 Å².